The van der Waals surface area contributed by atoms with Gasteiger partial charge in [0.05, 0.1) is 25.5 Å². The number of carbonyl (C=O) groups excluding carboxylic acids is 1. The number of aromatic nitrogens is 2. The maximum Gasteiger partial charge on any atom is 0.347 e. The van der Waals surface area contributed by atoms with Crippen LogP contribution >= 0.6 is 0 Å². The maximum absolute atomic E-state index is 13.9. The summed E-state index contributed by atoms with van der Waals surface area (Å²) < 4.78 is 50.3. The number of hydrogen-bond acceptors (Lipinski definition) is 7. The van der Waals surface area contributed by atoms with Crippen molar-refractivity contribution in [3.8, 4) is 5.75 Å². The average Bonchev–Trinajstić information content (AvgIpc) is 2.77. The van der Waals surface area contributed by atoms with Crippen molar-refractivity contribution in [1.29, 1.82) is 0 Å². The van der Waals surface area contributed by atoms with E-state index in [9.17, 15) is 22.4 Å². The molecule has 0 spiro atoms. The van der Waals surface area contributed by atoms with Crippen molar-refractivity contribution in [2.45, 2.75) is 19.9 Å². The summed E-state index contributed by atoms with van der Waals surface area (Å²) in [5, 5.41) is 0. The maximum atomic E-state index is 13.9. The largest absolute Gasteiger partial charge is 0.493 e. The number of rotatable bonds is 8. The molecular formula is C23H26FN3O6S. The van der Waals surface area contributed by atoms with E-state index in [0.717, 1.165) is 10.6 Å². The van der Waals surface area contributed by atoms with Gasteiger partial charge in [-0.2, -0.15) is 0 Å². The molecule has 0 radical (unpaired) electrons. The molecule has 0 fully saturated rings. The summed E-state index contributed by atoms with van der Waals surface area (Å²) in [6.45, 7) is 1.74. The summed E-state index contributed by atoms with van der Waals surface area (Å²) in [5.41, 5.74) is 1.85. The van der Waals surface area contributed by atoms with Gasteiger partial charge in [0.2, 0.25) is 10.0 Å². The Kier molecular flexibility index (Phi) is 7.37. The Morgan fingerprint density at radius 1 is 1.24 bits per heavy atom. The zero-order chi connectivity index (χ0) is 25.2. The van der Waals surface area contributed by atoms with Gasteiger partial charge in [0.1, 0.15) is 11.3 Å². The van der Waals surface area contributed by atoms with Gasteiger partial charge in [-0.3, -0.25) is 9.78 Å². The second-order valence-electron chi connectivity index (χ2n) is 7.81. The number of sulfonamides is 1. The third kappa shape index (κ3) is 5.10. The van der Waals surface area contributed by atoms with E-state index >= 15 is 0 Å². The summed E-state index contributed by atoms with van der Waals surface area (Å²) in [6, 6.07) is 5.93. The van der Waals surface area contributed by atoms with Crippen molar-refractivity contribution in [2.24, 2.45) is 7.05 Å². The molecule has 0 bridgehead atoms. The fraction of sp³-hybridized carbons (Fsp3) is 0.348. The molecule has 0 atom stereocenters. The smallest absolute Gasteiger partial charge is 0.347 e. The zero-order valence-electron chi connectivity index (χ0n) is 19.6. The average molecular weight is 492 g/mol. The number of methoxy groups -OCH3 is 1. The minimum absolute atomic E-state index is 0.00213. The number of pyridine rings is 2. The van der Waals surface area contributed by atoms with Crippen LogP contribution in [0.25, 0.3) is 11.0 Å². The van der Waals surface area contributed by atoms with Crippen LogP contribution in [0, 0.1) is 5.82 Å². The van der Waals surface area contributed by atoms with Crippen LogP contribution in [0.5, 0.6) is 5.75 Å². The lowest BCUT2D eigenvalue weighted by molar-refractivity contribution is 0.0520. The SMILES string of the molecule is CCOC(=O)c1c(OC)c2ncc(Cc3ccc(F)cc3CN(C)S(C)(=O)=O)cc2n(C)c1=O. The number of ether oxygens (including phenoxy) is 2. The van der Waals surface area contributed by atoms with Crippen LogP contribution < -0.4 is 10.3 Å². The molecule has 182 valence electrons. The molecule has 0 amide bonds. The van der Waals surface area contributed by atoms with E-state index in [1.165, 1.54) is 37.9 Å². The number of carbonyl (C=O) groups is 1. The molecule has 2 heterocycles. The first-order valence-electron chi connectivity index (χ1n) is 10.4. The first kappa shape index (κ1) is 25.3. The Morgan fingerprint density at radius 2 is 1.94 bits per heavy atom. The highest BCUT2D eigenvalue weighted by molar-refractivity contribution is 7.88. The molecule has 3 aromatic rings. The van der Waals surface area contributed by atoms with Gasteiger partial charge < -0.3 is 14.0 Å². The van der Waals surface area contributed by atoms with Gasteiger partial charge in [0, 0.05) is 26.8 Å². The van der Waals surface area contributed by atoms with E-state index in [1.807, 2.05) is 0 Å². The second-order valence-corrected chi connectivity index (χ2v) is 9.90. The van der Waals surface area contributed by atoms with Gasteiger partial charge in [-0.1, -0.05) is 6.07 Å². The number of halogens is 1. The quantitative estimate of drug-likeness (QED) is 0.445. The normalized spacial score (nSPS) is 11.7. The van der Waals surface area contributed by atoms with Crippen LogP contribution in [0.15, 0.2) is 35.3 Å². The predicted molar refractivity (Wildman–Crippen MR) is 125 cm³/mol. The lowest BCUT2D eigenvalue weighted by atomic mass is 10.00. The lowest BCUT2D eigenvalue weighted by Crippen LogP contribution is -2.27. The molecule has 0 aliphatic heterocycles. The molecule has 9 nitrogen and oxygen atoms in total. The molecule has 1 aromatic carbocycles. The standard InChI is InChI=1S/C23H26FN3O6S/c1-6-33-23(29)19-21(32-4)20-18(27(3)22(19)28)10-14(12-25-20)9-15-7-8-17(24)11-16(15)13-26(2)34(5,30)31/h7-8,10-12H,6,9,13H2,1-5H3. The fourth-order valence-corrected chi connectivity index (χ4v) is 3.96. The topological polar surface area (TPSA) is 108 Å². The number of hydrogen-bond donors (Lipinski definition) is 0. The van der Waals surface area contributed by atoms with Gasteiger partial charge >= 0.3 is 5.97 Å². The number of aryl methyl sites for hydroxylation is 1. The minimum atomic E-state index is -3.46. The van der Waals surface area contributed by atoms with E-state index in [2.05, 4.69) is 4.98 Å². The van der Waals surface area contributed by atoms with E-state index in [-0.39, 0.29) is 24.5 Å². The van der Waals surface area contributed by atoms with E-state index < -0.39 is 27.4 Å². The highest BCUT2D eigenvalue weighted by atomic mass is 32.2. The second kappa shape index (κ2) is 9.90. The van der Waals surface area contributed by atoms with Crippen molar-refractivity contribution < 1.29 is 27.1 Å². The van der Waals surface area contributed by atoms with Gasteiger partial charge in [-0.25, -0.2) is 21.9 Å². The highest BCUT2D eigenvalue weighted by Gasteiger charge is 2.24. The van der Waals surface area contributed by atoms with Gasteiger partial charge in [0.15, 0.2) is 11.3 Å². The minimum Gasteiger partial charge on any atom is -0.493 e. The number of nitrogens with zero attached hydrogens (tertiary/aromatic N) is 3. The molecule has 11 heteroatoms. The molecule has 0 unspecified atom stereocenters. The van der Waals surface area contributed by atoms with Gasteiger partial charge in [0.25, 0.3) is 5.56 Å². The molecule has 2 aromatic heterocycles. The number of benzene rings is 1. The van der Waals surface area contributed by atoms with Crippen LogP contribution in [0.2, 0.25) is 0 Å². The Morgan fingerprint density at radius 3 is 2.56 bits per heavy atom. The summed E-state index contributed by atoms with van der Waals surface area (Å²) in [5.74, 6) is -1.24. The monoisotopic (exact) mass is 491 g/mol. The zero-order valence-corrected chi connectivity index (χ0v) is 20.4. The molecule has 0 aliphatic carbocycles. The molecule has 0 aliphatic rings. The van der Waals surface area contributed by atoms with Crippen molar-refractivity contribution in [3.05, 3.63) is 68.9 Å². The van der Waals surface area contributed by atoms with Crippen molar-refractivity contribution in [2.75, 3.05) is 27.0 Å². The first-order valence-corrected chi connectivity index (χ1v) is 12.2. The molecule has 3 rings (SSSR count). The van der Waals surface area contributed by atoms with Crippen LogP contribution in [-0.2, 0) is 34.8 Å². The Bertz CT molecular complexity index is 1420. The van der Waals surface area contributed by atoms with E-state index in [4.69, 9.17) is 9.47 Å². The summed E-state index contributed by atoms with van der Waals surface area (Å²) in [7, 11) is 0.824. The summed E-state index contributed by atoms with van der Waals surface area (Å²) in [4.78, 5) is 29.7. The third-order valence-electron chi connectivity index (χ3n) is 5.45. The summed E-state index contributed by atoms with van der Waals surface area (Å²) >= 11 is 0. The summed E-state index contributed by atoms with van der Waals surface area (Å²) in [6.07, 6.45) is 2.96. The van der Waals surface area contributed by atoms with E-state index in [1.54, 1.807) is 25.3 Å². The first-order chi connectivity index (χ1) is 16.0. The van der Waals surface area contributed by atoms with Crippen molar-refractivity contribution in [1.82, 2.24) is 13.9 Å². The highest BCUT2D eigenvalue weighted by Crippen LogP contribution is 2.27. The fourth-order valence-electron chi connectivity index (χ4n) is 3.59. The van der Waals surface area contributed by atoms with Crippen molar-refractivity contribution in [3.63, 3.8) is 0 Å². The van der Waals surface area contributed by atoms with Crippen molar-refractivity contribution >= 4 is 27.0 Å². The Balaban J connectivity index is 2.09. The number of esters is 1. The Labute approximate surface area is 196 Å². The molecule has 0 saturated heterocycles. The van der Waals surface area contributed by atoms with Gasteiger partial charge in [-0.05, 0) is 48.2 Å². The molecule has 0 saturated carbocycles. The molecule has 34 heavy (non-hydrogen) atoms. The third-order valence-corrected chi connectivity index (χ3v) is 6.71. The molecule has 0 N–H and O–H groups in total. The van der Waals surface area contributed by atoms with Crippen LogP contribution in [0.1, 0.15) is 34.0 Å². The van der Waals surface area contributed by atoms with Crippen LogP contribution in [0.3, 0.4) is 0 Å². The molecular weight excluding hydrogens is 465 g/mol. The van der Waals surface area contributed by atoms with Crippen LogP contribution in [-0.4, -0.2) is 55.3 Å². The van der Waals surface area contributed by atoms with Gasteiger partial charge in [-0.15, -0.1) is 0 Å². The number of fused-ring (bicyclic) bond motifs is 1. The van der Waals surface area contributed by atoms with Crippen LogP contribution in [0.4, 0.5) is 4.39 Å². The van der Waals surface area contributed by atoms with E-state index in [0.29, 0.717) is 34.1 Å². The lowest BCUT2D eigenvalue weighted by Gasteiger charge is -2.17. The Hall–Kier alpha value is -3.31. The predicted octanol–water partition coefficient (Wildman–Crippen LogP) is 2.24.